The van der Waals surface area contributed by atoms with Gasteiger partial charge in [-0.3, -0.25) is 4.79 Å². The molecule has 6 heteroatoms. The molecule has 0 aliphatic carbocycles. The zero-order chi connectivity index (χ0) is 14.8. The van der Waals surface area contributed by atoms with Gasteiger partial charge in [0.2, 0.25) is 0 Å². The van der Waals surface area contributed by atoms with Crippen molar-refractivity contribution >= 4 is 27.9 Å². The smallest absolute Gasteiger partial charge is 0.277 e. The van der Waals surface area contributed by atoms with Gasteiger partial charge in [0.1, 0.15) is 10.8 Å². The molecule has 0 fully saturated rings. The Morgan fingerprint density at radius 1 is 1.35 bits per heavy atom. The summed E-state index contributed by atoms with van der Waals surface area (Å²) in [5.74, 6) is -0.752. The van der Waals surface area contributed by atoms with Gasteiger partial charge in [-0.15, -0.1) is 11.3 Å². The standard InChI is InChI=1S/C14H16FN3OS/c1-14(2,3)18-13-11(16-8-20-13)12(19)17-10-6-4-5-9(15)7-10/h4-8,18H,1-3H3,(H,17,19). The van der Waals surface area contributed by atoms with E-state index in [1.807, 2.05) is 20.8 Å². The lowest BCUT2D eigenvalue weighted by Crippen LogP contribution is -2.27. The topological polar surface area (TPSA) is 54.0 Å². The zero-order valence-corrected chi connectivity index (χ0v) is 12.3. The molecule has 0 radical (unpaired) electrons. The Kier molecular flexibility index (Phi) is 4.04. The SMILES string of the molecule is CC(C)(C)Nc1scnc1C(=O)Nc1cccc(F)c1. The second-order valence-corrected chi connectivity index (χ2v) is 6.22. The monoisotopic (exact) mass is 293 g/mol. The number of nitrogens with zero attached hydrogens (tertiary/aromatic N) is 1. The molecule has 1 amide bonds. The van der Waals surface area contributed by atoms with Gasteiger partial charge in [0.25, 0.3) is 5.91 Å². The first-order valence-corrected chi connectivity index (χ1v) is 7.02. The number of carbonyl (C=O) groups is 1. The number of benzene rings is 1. The number of nitrogens with one attached hydrogen (secondary N) is 2. The number of anilines is 2. The largest absolute Gasteiger partial charge is 0.370 e. The maximum absolute atomic E-state index is 13.1. The number of carbonyl (C=O) groups excluding carboxylic acids is 1. The minimum Gasteiger partial charge on any atom is -0.370 e. The quantitative estimate of drug-likeness (QED) is 0.906. The third-order valence-corrected chi connectivity index (χ3v) is 3.10. The molecule has 0 atom stereocenters. The van der Waals surface area contributed by atoms with Crippen molar-refractivity contribution in [1.82, 2.24) is 4.98 Å². The third-order valence-electron chi connectivity index (χ3n) is 2.35. The summed E-state index contributed by atoms with van der Waals surface area (Å²) in [6, 6.07) is 5.76. The van der Waals surface area contributed by atoms with E-state index in [2.05, 4.69) is 15.6 Å². The first-order chi connectivity index (χ1) is 9.35. The molecule has 2 rings (SSSR count). The number of rotatable bonds is 3. The third kappa shape index (κ3) is 3.77. The molecule has 4 nitrogen and oxygen atoms in total. The van der Waals surface area contributed by atoms with E-state index in [0.29, 0.717) is 16.4 Å². The van der Waals surface area contributed by atoms with Crippen molar-refractivity contribution in [2.24, 2.45) is 0 Å². The molecule has 0 aliphatic heterocycles. The Labute approximate surface area is 121 Å². The first-order valence-electron chi connectivity index (χ1n) is 6.14. The van der Waals surface area contributed by atoms with Crippen molar-refractivity contribution in [2.45, 2.75) is 26.3 Å². The number of amides is 1. The van der Waals surface area contributed by atoms with Gasteiger partial charge >= 0.3 is 0 Å². The predicted molar refractivity (Wildman–Crippen MR) is 79.8 cm³/mol. The van der Waals surface area contributed by atoms with Crippen LogP contribution >= 0.6 is 11.3 Å². The van der Waals surface area contributed by atoms with Crippen molar-refractivity contribution in [3.8, 4) is 0 Å². The molecule has 1 aromatic heterocycles. The molecule has 0 saturated carbocycles. The molecule has 2 aromatic rings. The Morgan fingerprint density at radius 3 is 2.75 bits per heavy atom. The van der Waals surface area contributed by atoms with Gasteiger partial charge in [0, 0.05) is 11.2 Å². The fraction of sp³-hybridized carbons (Fsp3) is 0.286. The number of halogens is 1. The average molecular weight is 293 g/mol. The van der Waals surface area contributed by atoms with Gasteiger partial charge in [-0.25, -0.2) is 9.37 Å². The second-order valence-electron chi connectivity index (χ2n) is 5.37. The molecule has 106 valence electrons. The van der Waals surface area contributed by atoms with E-state index in [4.69, 9.17) is 0 Å². The van der Waals surface area contributed by atoms with Crippen LogP contribution in [0.4, 0.5) is 15.1 Å². The molecule has 1 heterocycles. The lowest BCUT2D eigenvalue weighted by Gasteiger charge is -2.21. The number of thiazole rings is 1. The Hall–Kier alpha value is -1.95. The molecule has 20 heavy (non-hydrogen) atoms. The minimum atomic E-state index is -0.394. The van der Waals surface area contributed by atoms with Crippen LogP contribution in [0.15, 0.2) is 29.8 Å². The van der Waals surface area contributed by atoms with Crippen LogP contribution in [-0.4, -0.2) is 16.4 Å². The Morgan fingerprint density at radius 2 is 2.10 bits per heavy atom. The van der Waals surface area contributed by atoms with Crippen molar-refractivity contribution in [2.75, 3.05) is 10.6 Å². The number of aromatic nitrogens is 1. The fourth-order valence-electron chi connectivity index (χ4n) is 1.59. The Balaban J connectivity index is 2.16. The highest BCUT2D eigenvalue weighted by atomic mass is 32.1. The van der Waals surface area contributed by atoms with Crippen LogP contribution in [0.2, 0.25) is 0 Å². The summed E-state index contributed by atoms with van der Waals surface area (Å²) in [7, 11) is 0. The second kappa shape index (κ2) is 5.58. The van der Waals surface area contributed by atoms with Crippen LogP contribution in [0, 0.1) is 5.82 Å². The lowest BCUT2D eigenvalue weighted by atomic mass is 10.1. The van der Waals surface area contributed by atoms with E-state index >= 15 is 0 Å². The lowest BCUT2D eigenvalue weighted by molar-refractivity contribution is 0.102. The van der Waals surface area contributed by atoms with E-state index in [1.54, 1.807) is 17.6 Å². The zero-order valence-electron chi connectivity index (χ0n) is 11.5. The predicted octanol–water partition coefficient (Wildman–Crippen LogP) is 3.74. The highest BCUT2D eigenvalue weighted by Gasteiger charge is 2.19. The van der Waals surface area contributed by atoms with E-state index in [-0.39, 0.29) is 11.4 Å². The number of hydrogen-bond acceptors (Lipinski definition) is 4. The van der Waals surface area contributed by atoms with Gasteiger partial charge in [0.15, 0.2) is 5.69 Å². The first kappa shape index (κ1) is 14.5. The van der Waals surface area contributed by atoms with Crippen molar-refractivity contribution in [3.63, 3.8) is 0 Å². The maximum Gasteiger partial charge on any atom is 0.277 e. The van der Waals surface area contributed by atoms with Gasteiger partial charge in [-0.05, 0) is 39.0 Å². The highest BCUT2D eigenvalue weighted by Crippen LogP contribution is 2.25. The molecule has 1 aromatic carbocycles. The molecule has 0 unspecified atom stereocenters. The molecule has 0 aliphatic rings. The van der Waals surface area contributed by atoms with Crippen LogP contribution in [0.5, 0.6) is 0 Å². The normalized spacial score (nSPS) is 11.2. The summed E-state index contributed by atoms with van der Waals surface area (Å²) in [6.45, 7) is 6.00. The summed E-state index contributed by atoms with van der Waals surface area (Å²) in [5.41, 5.74) is 2.16. The average Bonchev–Trinajstić information content (AvgIpc) is 2.74. The Bertz CT molecular complexity index is 619. The molecular formula is C14H16FN3OS. The highest BCUT2D eigenvalue weighted by molar-refractivity contribution is 7.14. The summed E-state index contributed by atoms with van der Waals surface area (Å²) in [5, 5.41) is 6.57. The van der Waals surface area contributed by atoms with Crippen molar-refractivity contribution in [1.29, 1.82) is 0 Å². The molecule has 0 spiro atoms. The molecule has 2 N–H and O–H groups in total. The van der Waals surface area contributed by atoms with E-state index < -0.39 is 5.82 Å². The van der Waals surface area contributed by atoms with Gasteiger partial charge in [-0.1, -0.05) is 6.07 Å². The van der Waals surface area contributed by atoms with Crippen LogP contribution in [0.25, 0.3) is 0 Å². The van der Waals surface area contributed by atoms with Gasteiger partial charge in [0.05, 0.1) is 5.51 Å². The van der Waals surface area contributed by atoms with Crippen molar-refractivity contribution in [3.05, 3.63) is 41.3 Å². The molecule has 0 saturated heterocycles. The summed E-state index contributed by atoms with van der Waals surface area (Å²) in [6.07, 6.45) is 0. The van der Waals surface area contributed by atoms with Gasteiger partial charge in [-0.2, -0.15) is 0 Å². The van der Waals surface area contributed by atoms with Crippen LogP contribution in [0.3, 0.4) is 0 Å². The van der Waals surface area contributed by atoms with E-state index in [0.717, 1.165) is 0 Å². The summed E-state index contributed by atoms with van der Waals surface area (Å²) in [4.78, 5) is 16.2. The summed E-state index contributed by atoms with van der Waals surface area (Å²) < 4.78 is 13.1. The fourth-order valence-corrected chi connectivity index (χ4v) is 2.48. The molecular weight excluding hydrogens is 277 g/mol. The molecule has 0 bridgehead atoms. The van der Waals surface area contributed by atoms with E-state index in [9.17, 15) is 9.18 Å². The van der Waals surface area contributed by atoms with Gasteiger partial charge < -0.3 is 10.6 Å². The minimum absolute atomic E-state index is 0.166. The van der Waals surface area contributed by atoms with Crippen LogP contribution in [-0.2, 0) is 0 Å². The van der Waals surface area contributed by atoms with E-state index in [1.165, 1.54) is 23.5 Å². The van der Waals surface area contributed by atoms with Crippen LogP contribution in [0.1, 0.15) is 31.3 Å². The summed E-state index contributed by atoms with van der Waals surface area (Å²) >= 11 is 1.36. The number of hydrogen-bond donors (Lipinski definition) is 2. The van der Waals surface area contributed by atoms with Crippen molar-refractivity contribution < 1.29 is 9.18 Å². The van der Waals surface area contributed by atoms with Crippen LogP contribution < -0.4 is 10.6 Å². The maximum atomic E-state index is 13.1.